The van der Waals surface area contributed by atoms with E-state index in [1.807, 2.05) is 18.3 Å². The van der Waals surface area contributed by atoms with Crippen molar-refractivity contribution in [2.75, 3.05) is 13.7 Å². The normalized spacial score (nSPS) is 34.7. The molecule has 4 nitrogen and oxygen atoms in total. The highest BCUT2D eigenvalue weighted by Crippen LogP contribution is 2.60. The molecule has 1 aromatic heterocycles. The molecule has 0 aliphatic heterocycles. The van der Waals surface area contributed by atoms with Gasteiger partial charge in [-0.25, -0.2) is 0 Å². The van der Waals surface area contributed by atoms with Gasteiger partial charge in [0, 0.05) is 30.9 Å². The molecule has 0 amide bonds. The molecule has 0 saturated heterocycles. The molecule has 2 aromatic rings. The number of aryl methyl sites for hydroxylation is 1. The Hall–Kier alpha value is -1.91. The molecule has 160 valence electrons. The monoisotopic (exact) mass is 406 g/mol. The highest BCUT2D eigenvalue weighted by Gasteiger charge is 2.57. The minimum atomic E-state index is -0.260. The van der Waals surface area contributed by atoms with Crippen molar-refractivity contribution in [2.45, 2.75) is 63.5 Å². The summed E-state index contributed by atoms with van der Waals surface area (Å²) >= 11 is 0. The van der Waals surface area contributed by atoms with Gasteiger partial charge in [-0.3, -0.25) is 4.98 Å². The quantitative estimate of drug-likeness (QED) is 0.784. The molecule has 6 atom stereocenters. The fourth-order valence-corrected chi connectivity index (χ4v) is 6.83. The predicted molar refractivity (Wildman–Crippen MR) is 119 cm³/mol. The highest BCUT2D eigenvalue weighted by atomic mass is 16.5. The summed E-state index contributed by atoms with van der Waals surface area (Å²) in [7, 11) is 1.75. The molecule has 0 spiro atoms. The lowest BCUT2D eigenvalue weighted by molar-refractivity contribution is -0.0279. The fraction of sp³-hybridized carbons (Fsp3) is 0.577. The van der Waals surface area contributed by atoms with Crippen LogP contribution in [0.15, 0.2) is 42.6 Å². The van der Waals surface area contributed by atoms with Crippen LogP contribution < -0.4 is 10.1 Å². The Morgan fingerprint density at radius 2 is 2.13 bits per heavy atom. The van der Waals surface area contributed by atoms with Gasteiger partial charge in [0.1, 0.15) is 5.75 Å². The summed E-state index contributed by atoms with van der Waals surface area (Å²) in [4.78, 5) is 4.42. The van der Waals surface area contributed by atoms with E-state index in [2.05, 4.69) is 41.5 Å². The second-order valence-electron chi connectivity index (χ2n) is 9.84. The lowest BCUT2D eigenvalue weighted by Crippen LogP contribution is -2.46. The Kier molecular flexibility index (Phi) is 5.32. The van der Waals surface area contributed by atoms with Crippen LogP contribution in [0.25, 0.3) is 0 Å². The van der Waals surface area contributed by atoms with Gasteiger partial charge in [0.2, 0.25) is 0 Å². The SMILES string of the molecule is COc1ccc2c(c1)CC[C@@H]1[C@@H]2CC[C@]2(C)[C@@H](O)[C@@H](NCCc3ccccn3)C[C@@H]12. The Bertz CT molecular complexity index is 886. The van der Waals surface area contributed by atoms with Crippen molar-refractivity contribution in [2.24, 2.45) is 17.3 Å². The number of ether oxygens (including phenoxy) is 1. The number of aliphatic hydroxyl groups excluding tert-OH is 1. The van der Waals surface area contributed by atoms with Gasteiger partial charge >= 0.3 is 0 Å². The first-order valence-corrected chi connectivity index (χ1v) is 11.6. The van der Waals surface area contributed by atoms with Crippen LogP contribution in [0.5, 0.6) is 5.75 Å². The van der Waals surface area contributed by atoms with E-state index in [0.717, 1.165) is 43.7 Å². The maximum Gasteiger partial charge on any atom is 0.119 e. The molecule has 2 saturated carbocycles. The zero-order valence-corrected chi connectivity index (χ0v) is 18.2. The number of methoxy groups -OCH3 is 1. The summed E-state index contributed by atoms with van der Waals surface area (Å²) in [5.41, 5.74) is 4.16. The molecule has 4 heteroatoms. The number of hydrogen-bond acceptors (Lipinski definition) is 4. The van der Waals surface area contributed by atoms with Crippen molar-refractivity contribution in [3.8, 4) is 5.75 Å². The van der Waals surface area contributed by atoms with E-state index < -0.39 is 0 Å². The number of aromatic nitrogens is 1. The van der Waals surface area contributed by atoms with Gasteiger partial charge in [-0.15, -0.1) is 0 Å². The molecule has 3 aliphatic rings. The van der Waals surface area contributed by atoms with Gasteiger partial charge in [0.25, 0.3) is 0 Å². The molecule has 3 aliphatic carbocycles. The average Bonchev–Trinajstić information content (AvgIpc) is 3.04. The number of nitrogens with one attached hydrogen (secondary N) is 1. The third-order valence-corrected chi connectivity index (χ3v) is 8.45. The van der Waals surface area contributed by atoms with E-state index in [0.29, 0.717) is 17.8 Å². The molecule has 2 N–H and O–H groups in total. The van der Waals surface area contributed by atoms with Crippen LogP contribution in [-0.4, -0.2) is 35.9 Å². The summed E-state index contributed by atoms with van der Waals surface area (Å²) in [6.45, 7) is 3.22. The van der Waals surface area contributed by atoms with Gasteiger partial charge in [-0.2, -0.15) is 0 Å². The third kappa shape index (κ3) is 3.34. The van der Waals surface area contributed by atoms with Crippen molar-refractivity contribution < 1.29 is 9.84 Å². The van der Waals surface area contributed by atoms with E-state index in [1.165, 1.54) is 24.0 Å². The Morgan fingerprint density at radius 3 is 2.93 bits per heavy atom. The van der Waals surface area contributed by atoms with Crippen molar-refractivity contribution >= 4 is 0 Å². The number of fused-ring (bicyclic) bond motifs is 5. The van der Waals surface area contributed by atoms with Crippen molar-refractivity contribution in [1.29, 1.82) is 0 Å². The maximum absolute atomic E-state index is 11.3. The van der Waals surface area contributed by atoms with Gasteiger partial charge in [-0.05, 0) is 90.7 Å². The van der Waals surface area contributed by atoms with Crippen LogP contribution in [0.3, 0.4) is 0 Å². The van der Waals surface area contributed by atoms with Crippen LogP contribution >= 0.6 is 0 Å². The lowest BCUT2D eigenvalue weighted by atomic mass is 9.55. The molecular weight excluding hydrogens is 372 g/mol. The fourth-order valence-electron chi connectivity index (χ4n) is 6.83. The third-order valence-electron chi connectivity index (χ3n) is 8.45. The van der Waals surface area contributed by atoms with E-state index in [-0.39, 0.29) is 17.6 Å². The lowest BCUT2D eigenvalue weighted by Gasteiger charge is -2.50. The van der Waals surface area contributed by atoms with E-state index >= 15 is 0 Å². The van der Waals surface area contributed by atoms with Gasteiger partial charge in [-0.1, -0.05) is 19.1 Å². The molecule has 1 aromatic carbocycles. The number of benzene rings is 1. The zero-order chi connectivity index (χ0) is 20.7. The first kappa shape index (κ1) is 20.0. The summed E-state index contributed by atoms with van der Waals surface area (Å²) in [6, 6.07) is 12.9. The molecule has 2 fully saturated rings. The Labute approximate surface area is 180 Å². The van der Waals surface area contributed by atoms with Gasteiger partial charge in [0.15, 0.2) is 0 Å². The van der Waals surface area contributed by atoms with Crippen LogP contribution in [0.4, 0.5) is 0 Å². The van der Waals surface area contributed by atoms with Crippen LogP contribution in [0, 0.1) is 17.3 Å². The zero-order valence-electron chi connectivity index (χ0n) is 18.2. The minimum absolute atomic E-state index is 0.0355. The highest BCUT2D eigenvalue weighted by molar-refractivity contribution is 5.40. The Morgan fingerprint density at radius 1 is 1.23 bits per heavy atom. The van der Waals surface area contributed by atoms with Gasteiger partial charge in [0.05, 0.1) is 13.2 Å². The first-order valence-electron chi connectivity index (χ1n) is 11.6. The summed E-state index contributed by atoms with van der Waals surface area (Å²) in [5.74, 6) is 2.88. The van der Waals surface area contributed by atoms with E-state index in [1.54, 1.807) is 7.11 Å². The van der Waals surface area contributed by atoms with Crippen LogP contribution in [0.2, 0.25) is 0 Å². The topological polar surface area (TPSA) is 54.4 Å². The molecular formula is C26H34N2O2. The summed E-state index contributed by atoms with van der Waals surface area (Å²) in [6.07, 6.45) is 8.26. The molecule has 5 rings (SSSR count). The predicted octanol–water partition coefficient (Wildman–Crippen LogP) is 4.12. The van der Waals surface area contributed by atoms with E-state index in [4.69, 9.17) is 4.74 Å². The number of rotatable bonds is 5. The molecule has 0 unspecified atom stereocenters. The molecule has 30 heavy (non-hydrogen) atoms. The van der Waals surface area contributed by atoms with Crippen LogP contribution in [-0.2, 0) is 12.8 Å². The van der Waals surface area contributed by atoms with Crippen molar-refractivity contribution in [3.63, 3.8) is 0 Å². The number of pyridine rings is 1. The summed E-state index contributed by atoms with van der Waals surface area (Å²) in [5, 5.41) is 15.0. The molecule has 0 radical (unpaired) electrons. The number of nitrogens with zero attached hydrogens (tertiary/aromatic N) is 1. The van der Waals surface area contributed by atoms with Crippen molar-refractivity contribution in [1.82, 2.24) is 10.3 Å². The largest absolute Gasteiger partial charge is 0.497 e. The van der Waals surface area contributed by atoms with Crippen molar-refractivity contribution in [3.05, 3.63) is 59.4 Å². The Balaban J connectivity index is 1.30. The van der Waals surface area contributed by atoms with Gasteiger partial charge < -0.3 is 15.2 Å². The smallest absolute Gasteiger partial charge is 0.119 e. The average molecular weight is 407 g/mol. The van der Waals surface area contributed by atoms with Crippen LogP contribution in [0.1, 0.15) is 55.3 Å². The maximum atomic E-state index is 11.3. The molecule has 0 bridgehead atoms. The number of aliphatic hydroxyl groups is 1. The second kappa shape index (κ2) is 7.97. The number of hydrogen-bond donors (Lipinski definition) is 2. The van der Waals surface area contributed by atoms with E-state index in [9.17, 15) is 5.11 Å². The molecule has 1 heterocycles. The second-order valence-corrected chi connectivity index (χ2v) is 9.84. The summed E-state index contributed by atoms with van der Waals surface area (Å²) < 4.78 is 5.45. The first-order chi connectivity index (χ1) is 14.6. The standard InChI is InChI=1S/C26H34N2O2/c1-26-12-10-21-20-9-7-19(30-2)15-17(20)6-8-22(21)23(26)16-24(25(26)29)28-14-11-18-5-3-4-13-27-18/h3-5,7,9,13,15,21-25,28-29H,6,8,10-12,14,16H2,1-2H3/t21-,22-,23+,24+,25+,26+/m1/s1. The minimum Gasteiger partial charge on any atom is -0.497 e.